The standard InChI is InChI=1S/C7H4FN/c8-4-1-7-2-5-9-6-3-7/h2-3,5-6H. The summed E-state index contributed by atoms with van der Waals surface area (Å²) in [5.74, 6) is 2.25. The van der Waals surface area contributed by atoms with Crippen molar-refractivity contribution in [2.75, 3.05) is 0 Å². The molecule has 0 amide bonds. The smallest absolute Gasteiger partial charge is 0.111 e. The van der Waals surface area contributed by atoms with Gasteiger partial charge >= 0.3 is 0 Å². The largest absolute Gasteiger partial charge is 0.265 e. The monoisotopic (exact) mass is 121 g/mol. The van der Waals surface area contributed by atoms with Gasteiger partial charge in [0.05, 0.1) is 0 Å². The maximum atomic E-state index is 11.3. The summed E-state index contributed by atoms with van der Waals surface area (Å²) in [6.07, 6.45) is 4.44. The van der Waals surface area contributed by atoms with Crippen molar-refractivity contribution in [1.82, 2.24) is 4.98 Å². The molecule has 44 valence electrons. The topological polar surface area (TPSA) is 12.9 Å². The molecule has 1 aromatic rings. The van der Waals surface area contributed by atoms with Gasteiger partial charge in [0, 0.05) is 18.0 Å². The number of hydrogen-bond donors (Lipinski definition) is 0. The molecule has 0 saturated carbocycles. The van der Waals surface area contributed by atoms with E-state index in [2.05, 4.69) is 10.9 Å². The van der Waals surface area contributed by atoms with Gasteiger partial charge < -0.3 is 0 Å². The van der Waals surface area contributed by atoms with E-state index < -0.39 is 0 Å². The predicted octanol–water partition coefficient (Wildman–Crippen LogP) is 1.36. The molecule has 0 fully saturated rings. The maximum absolute atomic E-state index is 11.3. The molecular formula is C7H4FN. The lowest BCUT2D eigenvalue weighted by atomic mass is 10.3. The Labute approximate surface area is 52.5 Å². The Morgan fingerprint density at radius 1 is 1.33 bits per heavy atom. The van der Waals surface area contributed by atoms with Crippen LogP contribution in [0.25, 0.3) is 0 Å². The first-order valence-corrected chi connectivity index (χ1v) is 2.45. The van der Waals surface area contributed by atoms with Crippen molar-refractivity contribution in [3.8, 4) is 12.1 Å². The highest BCUT2D eigenvalue weighted by atomic mass is 19.1. The van der Waals surface area contributed by atoms with E-state index in [-0.39, 0.29) is 0 Å². The van der Waals surface area contributed by atoms with Gasteiger partial charge in [-0.15, -0.1) is 4.39 Å². The van der Waals surface area contributed by atoms with E-state index in [0.717, 1.165) is 0 Å². The summed E-state index contributed by atoms with van der Waals surface area (Å²) in [7, 11) is 0. The summed E-state index contributed by atoms with van der Waals surface area (Å²) in [6, 6.07) is 3.29. The second kappa shape index (κ2) is 2.83. The highest BCUT2D eigenvalue weighted by Gasteiger charge is 1.79. The fourth-order valence-corrected chi connectivity index (χ4v) is 0.490. The lowest BCUT2D eigenvalue weighted by Gasteiger charge is -1.82. The maximum Gasteiger partial charge on any atom is 0.111 e. The van der Waals surface area contributed by atoms with Crippen LogP contribution in [0.4, 0.5) is 4.39 Å². The Bertz CT molecular complexity index is 232. The molecule has 0 radical (unpaired) electrons. The molecule has 0 atom stereocenters. The van der Waals surface area contributed by atoms with E-state index in [9.17, 15) is 4.39 Å². The van der Waals surface area contributed by atoms with Crippen molar-refractivity contribution in [1.29, 1.82) is 0 Å². The molecule has 0 bridgehead atoms. The Kier molecular flexibility index (Phi) is 1.81. The zero-order valence-electron chi connectivity index (χ0n) is 4.63. The molecule has 1 rings (SSSR count). The van der Waals surface area contributed by atoms with Gasteiger partial charge in [-0.1, -0.05) is 0 Å². The quantitative estimate of drug-likeness (QED) is 0.472. The van der Waals surface area contributed by atoms with Crippen LogP contribution in [0.15, 0.2) is 24.5 Å². The fraction of sp³-hybridized carbons (Fsp3) is 0. The van der Waals surface area contributed by atoms with Crippen LogP contribution in [-0.2, 0) is 0 Å². The molecule has 0 N–H and O–H groups in total. The third-order valence-corrected chi connectivity index (χ3v) is 0.872. The van der Waals surface area contributed by atoms with Crippen molar-refractivity contribution in [3.63, 3.8) is 0 Å². The number of pyridine rings is 1. The van der Waals surface area contributed by atoms with Crippen LogP contribution in [0.2, 0.25) is 0 Å². The van der Waals surface area contributed by atoms with Gasteiger partial charge in [0.2, 0.25) is 0 Å². The Morgan fingerprint density at radius 3 is 2.56 bits per heavy atom. The van der Waals surface area contributed by atoms with Gasteiger partial charge in [0.25, 0.3) is 0 Å². The average Bonchev–Trinajstić information content (AvgIpc) is 1.91. The SMILES string of the molecule is FC#Cc1ccncc1. The molecule has 0 unspecified atom stereocenters. The number of halogens is 1. The average molecular weight is 121 g/mol. The zero-order chi connectivity index (χ0) is 6.53. The third kappa shape index (κ3) is 1.54. The van der Waals surface area contributed by atoms with Crippen LogP contribution < -0.4 is 0 Å². The molecule has 0 aliphatic rings. The lowest BCUT2D eigenvalue weighted by molar-refractivity contribution is 0.774. The van der Waals surface area contributed by atoms with Gasteiger partial charge in [-0.05, 0) is 18.1 Å². The van der Waals surface area contributed by atoms with Gasteiger partial charge in [-0.25, -0.2) is 0 Å². The summed E-state index contributed by atoms with van der Waals surface area (Å²) < 4.78 is 11.3. The van der Waals surface area contributed by atoms with Crippen LogP contribution in [0.1, 0.15) is 5.56 Å². The summed E-state index contributed by atoms with van der Waals surface area (Å²) in [4.78, 5) is 3.74. The number of rotatable bonds is 0. The van der Waals surface area contributed by atoms with E-state index >= 15 is 0 Å². The van der Waals surface area contributed by atoms with Crippen LogP contribution in [0.5, 0.6) is 0 Å². The van der Waals surface area contributed by atoms with Crippen molar-refractivity contribution in [2.45, 2.75) is 0 Å². The van der Waals surface area contributed by atoms with Gasteiger partial charge in [0.15, 0.2) is 0 Å². The lowest BCUT2D eigenvalue weighted by Crippen LogP contribution is -1.71. The molecule has 2 heteroatoms. The van der Waals surface area contributed by atoms with Crippen molar-refractivity contribution >= 4 is 0 Å². The van der Waals surface area contributed by atoms with Crippen LogP contribution in [0.3, 0.4) is 0 Å². The Hall–Kier alpha value is -1.36. The Morgan fingerprint density at radius 2 is 2.00 bits per heavy atom. The molecule has 1 nitrogen and oxygen atoms in total. The minimum Gasteiger partial charge on any atom is -0.265 e. The first-order valence-electron chi connectivity index (χ1n) is 2.45. The molecule has 0 saturated heterocycles. The van der Waals surface area contributed by atoms with Gasteiger partial charge in [0.1, 0.15) is 6.17 Å². The van der Waals surface area contributed by atoms with E-state index in [1.54, 1.807) is 24.5 Å². The molecule has 0 aliphatic carbocycles. The summed E-state index contributed by atoms with van der Waals surface area (Å²) in [5.41, 5.74) is 0.646. The summed E-state index contributed by atoms with van der Waals surface area (Å²) in [6.45, 7) is 0. The van der Waals surface area contributed by atoms with E-state index in [0.29, 0.717) is 5.56 Å². The van der Waals surface area contributed by atoms with Crippen molar-refractivity contribution in [2.24, 2.45) is 0 Å². The minimum atomic E-state index is 0.646. The fourth-order valence-electron chi connectivity index (χ4n) is 0.490. The molecule has 0 aromatic carbocycles. The molecule has 0 spiro atoms. The summed E-state index contributed by atoms with van der Waals surface area (Å²) in [5, 5.41) is 0. The second-order valence-corrected chi connectivity index (χ2v) is 1.46. The van der Waals surface area contributed by atoms with E-state index in [4.69, 9.17) is 0 Å². The number of aromatic nitrogens is 1. The molecule has 9 heavy (non-hydrogen) atoms. The van der Waals surface area contributed by atoms with Gasteiger partial charge in [-0.3, -0.25) is 4.98 Å². The zero-order valence-corrected chi connectivity index (χ0v) is 4.63. The van der Waals surface area contributed by atoms with Gasteiger partial charge in [-0.2, -0.15) is 0 Å². The highest BCUT2D eigenvalue weighted by Crippen LogP contribution is 1.91. The first kappa shape index (κ1) is 5.77. The number of hydrogen-bond acceptors (Lipinski definition) is 1. The number of nitrogens with zero attached hydrogens (tertiary/aromatic N) is 1. The molecular weight excluding hydrogens is 117 g/mol. The van der Waals surface area contributed by atoms with Crippen LogP contribution in [0, 0.1) is 12.1 Å². The predicted molar refractivity (Wildman–Crippen MR) is 32.2 cm³/mol. The molecule has 1 heterocycles. The summed E-state index contributed by atoms with van der Waals surface area (Å²) >= 11 is 0. The highest BCUT2D eigenvalue weighted by molar-refractivity contribution is 5.30. The van der Waals surface area contributed by atoms with Crippen LogP contribution >= 0.6 is 0 Å². The third-order valence-electron chi connectivity index (χ3n) is 0.872. The molecule has 1 aromatic heterocycles. The van der Waals surface area contributed by atoms with E-state index in [1.165, 1.54) is 6.17 Å². The second-order valence-electron chi connectivity index (χ2n) is 1.46. The Balaban J connectivity index is 2.94. The van der Waals surface area contributed by atoms with Crippen molar-refractivity contribution in [3.05, 3.63) is 30.1 Å². The van der Waals surface area contributed by atoms with E-state index in [1.807, 2.05) is 0 Å². The normalized spacial score (nSPS) is 7.67. The molecule has 0 aliphatic heterocycles. The van der Waals surface area contributed by atoms with Crippen LogP contribution in [-0.4, -0.2) is 4.98 Å². The van der Waals surface area contributed by atoms with Crippen molar-refractivity contribution < 1.29 is 4.39 Å². The minimum absolute atomic E-state index is 0.646. The first-order chi connectivity index (χ1) is 4.43.